The summed E-state index contributed by atoms with van der Waals surface area (Å²) in [5.41, 5.74) is -0.493. The maximum atomic E-state index is 12.3. The molecule has 2 unspecified atom stereocenters. The summed E-state index contributed by atoms with van der Waals surface area (Å²) in [4.78, 5) is 18.4. The minimum absolute atomic E-state index is 0.0231. The Labute approximate surface area is 169 Å². The minimum Gasteiger partial charge on any atom is -0.444 e. The van der Waals surface area contributed by atoms with Gasteiger partial charge < -0.3 is 30.1 Å². The molecule has 0 aliphatic carbocycles. The van der Waals surface area contributed by atoms with Gasteiger partial charge in [-0.15, -0.1) is 0 Å². The summed E-state index contributed by atoms with van der Waals surface area (Å²) in [5, 5.41) is 16.1. The first kappa shape index (κ1) is 22.7. The Balaban J connectivity index is 1.78. The lowest BCUT2D eigenvalue weighted by Crippen LogP contribution is -2.48. The number of hydrogen-bond acceptors (Lipinski definition) is 5. The zero-order chi connectivity index (χ0) is 20.6. The molecule has 0 radical (unpaired) electrons. The second-order valence-electron chi connectivity index (χ2n) is 9.02. The molecule has 28 heavy (non-hydrogen) atoms. The molecular weight excluding hydrogens is 360 g/mol. The Morgan fingerprint density at radius 3 is 2.79 bits per heavy atom. The summed E-state index contributed by atoms with van der Waals surface area (Å²) in [6.45, 7) is 10.2. The van der Waals surface area contributed by atoms with E-state index in [1.807, 2.05) is 25.7 Å². The van der Waals surface area contributed by atoms with Gasteiger partial charge in [0.2, 0.25) is 0 Å². The van der Waals surface area contributed by atoms with Crippen LogP contribution < -0.4 is 10.6 Å². The lowest BCUT2D eigenvalue weighted by Gasteiger charge is -2.34. The number of likely N-dealkylation sites (tertiary alicyclic amines) is 1. The largest absolute Gasteiger partial charge is 0.444 e. The van der Waals surface area contributed by atoms with E-state index in [0.29, 0.717) is 19.1 Å². The Morgan fingerprint density at radius 2 is 2.18 bits per heavy atom. The molecule has 0 saturated carbocycles. The molecule has 2 heterocycles. The third-order valence-corrected chi connectivity index (χ3v) is 5.41. The van der Waals surface area contributed by atoms with Gasteiger partial charge in [0.1, 0.15) is 5.60 Å². The normalized spacial score (nSPS) is 26.2. The number of guanidine groups is 1. The van der Waals surface area contributed by atoms with Crippen LogP contribution in [0.4, 0.5) is 4.79 Å². The summed E-state index contributed by atoms with van der Waals surface area (Å²) >= 11 is 0. The van der Waals surface area contributed by atoms with Gasteiger partial charge in [-0.2, -0.15) is 0 Å². The van der Waals surface area contributed by atoms with Gasteiger partial charge in [0.15, 0.2) is 5.96 Å². The van der Waals surface area contributed by atoms with Crippen molar-refractivity contribution in [3.8, 4) is 0 Å². The van der Waals surface area contributed by atoms with E-state index >= 15 is 0 Å². The Bertz CT molecular complexity index is 527. The number of aliphatic hydroxyl groups excluding tert-OH is 1. The fourth-order valence-corrected chi connectivity index (χ4v) is 3.77. The van der Waals surface area contributed by atoms with Crippen LogP contribution in [0.5, 0.6) is 0 Å². The Kier molecular flexibility index (Phi) is 8.37. The van der Waals surface area contributed by atoms with Gasteiger partial charge in [-0.3, -0.25) is 4.99 Å². The standard InChI is InChI=1S/C20H38N4O4/c1-19(2,3)28-18(26)24-9-5-6-16(13-24)12-22-17(21-4)23-14-20(7-10-25)8-11-27-15-20/h16,25H,5-15H2,1-4H3,(H2,21,22,23). The molecule has 2 aliphatic rings. The molecule has 1 amide bonds. The molecule has 2 atom stereocenters. The van der Waals surface area contributed by atoms with E-state index in [-0.39, 0.29) is 18.1 Å². The number of carbonyl (C=O) groups excluding carboxylic acids is 1. The first-order chi connectivity index (χ1) is 13.3. The van der Waals surface area contributed by atoms with E-state index in [9.17, 15) is 9.90 Å². The summed E-state index contributed by atoms with van der Waals surface area (Å²) in [6.07, 6.45) is 3.50. The molecule has 3 N–H and O–H groups in total. The van der Waals surface area contributed by atoms with Crippen molar-refractivity contribution >= 4 is 12.1 Å². The molecule has 8 heteroatoms. The van der Waals surface area contributed by atoms with Crippen molar-refractivity contribution < 1.29 is 19.4 Å². The van der Waals surface area contributed by atoms with Crippen LogP contribution in [0, 0.1) is 11.3 Å². The average Bonchev–Trinajstić information content (AvgIpc) is 3.10. The maximum absolute atomic E-state index is 12.3. The van der Waals surface area contributed by atoms with Gasteiger partial charge in [0, 0.05) is 51.9 Å². The predicted molar refractivity (Wildman–Crippen MR) is 109 cm³/mol. The molecule has 8 nitrogen and oxygen atoms in total. The third kappa shape index (κ3) is 7.13. The van der Waals surface area contributed by atoms with Crippen molar-refractivity contribution in [2.24, 2.45) is 16.3 Å². The topological polar surface area (TPSA) is 95.4 Å². The number of rotatable bonds is 6. The van der Waals surface area contributed by atoms with Gasteiger partial charge in [-0.05, 0) is 52.4 Å². The molecule has 2 fully saturated rings. The number of piperidine rings is 1. The highest BCUT2D eigenvalue weighted by molar-refractivity contribution is 5.79. The van der Waals surface area contributed by atoms with Crippen molar-refractivity contribution in [1.82, 2.24) is 15.5 Å². The average molecular weight is 399 g/mol. The second-order valence-corrected chi connectivity index (χ2v) is 9.02. The number of amides is 1. The van der Waals surface area contributed by atoms with Gasteiger partial charge in [0.05, 0.1) is 6.61 Å². The van der Waals surface area contributed by atoms with Crippen molar-refractivity contribution in [2.45, 2.75) is 52.1 Å². The molecule has 0 spiro atoms. The summed E-state index contributed by atoms with van der Waals surface area (Å²) in [7, 11) is 1.76. The van der Waals surface area contributed by atoms with E-state index in [4.69, 9.17) is 9.47 Å². The van der Waals surface area contributed by atoms with Gasteiger partial charge >= 0.3 is 6.09 Å². The molecule has 2 saturated heterocycles. The van der Waals surface area contributed by atoms with E-state index in [2.05, 4.69) is 15.6 Å². The van der Waals surface area contributed by atoms with Crippen molar-refractivity contribution in [3.63, 3.8) is 0 Å². The van der Waals surface area contributed by atoms with Crippen LogP contribution in [-0.4, -0.2) is 80.7 Å². The van der Waals surface area contributed by atoms with Crippen LogP contribution in [0.3, 0.4) is 0 Å². The number of carbonyl (C=O) groups is 1. The van der Waals surface area contributed by atoms with Crippen LogP contribution >= 0.6 is 0 Å². The van der Waals surface area contributed by atoms with E-state index in [0.717, 1.165) is 57.9 Å². The van der Waals surface area contributed by atoms with Crippen molar-refractivity contribution in [1.29, 1.82) is 0 Å². The molecule has 0 aromatic carbocycles. The number of nitrogens with zero attached hydrogens (tertiary/aromatic N) is 2. The second kappa shape index (κ2) is 10.3. The fourth-order valence-electron chi connectivity index (χ4n) is 3.77. The van der Waals surface area contributed by atoms with Crippen LogP contribution in [-0.2, 0) is 9.47 Å². The van der Waals surface area contributed by atoms with Crippen molar-refractivity contribution in [2.75, 3.05) is 53.0 Å². The highest BCUT2D eigenvalue weighted by atomic mass is 16.6. The molecule has 0 bridgehead atoms. The van der Waals surface area contributed by atoms with Crippen LogP contribution in [0.2, 0.25) is 0 Å². The number of ether oxygens (including phenoxy) is 2. The first-order valence-electron chi connectivity index (χ1n) is 10.4. The fraction of sp³-hybridized carbons (Fsp3) is 0.900. The van der Waals surface area contributed by atoms with Crippen LogP contribution in [0.1, 0.15) is 46.5 Å². The SMILES string of the molecule is CN=C(NCC1CCCN(C(=O)OC(C)(C)C)C1)NCC1(CCO)CCOC1. The van der Waals surface area contributed by atoms with Gasteiger partial charge in [0.25, 0.3) is 0 Å². The highest BCUT2D eigenvalue weighted by Crippen LogP contribution is 2.31. The maximum Gasteiger partial charge on any atom is 0.410 e. The number of aliphatic hydroxyl groups is 1. The Morgan fingerprint density at radius 1 is 1.39 bits per heavy atom. The zero-order valence-electron chi connectivity index (χ0n) is 17.9. The first-order valence-corrected chi connectivity index (χ1v) is 10.4. The Hall–Kier alpha value is -1.54. The quantitative estimate of drug-likeness (QED) is 0.465. The molecule has 0 aromatic heterocycles. The molecule has 162 valence electrons. The summed E-state index contributed by atoms with van der Waals surface area (Å²) in [6, 6.07) is 0. The highest BCUT2D eigenvalue weighted by Gasteiger charge is 2.34. The van der Waals surface area contributed by atoms with E-state index in [1.54, 1.807) is 7.05 Å². The lowest BCUT2D eigenvalue weighted by molar-refractivity contribution is 0.0168. The molecule has 2 rings (SSSR count). The number of hydrogen-bond donors (Lipinski definition) is 3. The molecular formula is C20H38N4O4. The monoisotopic (exact) mass is 398 g/mol. The van der Waals surface area contributed by atoms with Crippen molar-refractivity contribution in [3.05, 3.63) is 0 Å². The van der Waals surface area contributed by atoms with Gasteiger partial charge in [-0.1, -0.05) is 0 Å². The summed E-state index contributed by atoms with van der Waals surface area (Å²) in [5.74, 6) is 1.11. The third-order valence-electron chi connectivity index (χ3n) is 5.41. The van der Waals surface area contributed by atoms with Crippen LogP contribution in [0.15, 0.2) is 4.99 Å². The summed E-state index contributed by atoms with van der Waals surface area (Å²) < 4.78 is 11.0. The predicted octanol–water partition coefficient (Wildman–Crippen LogP) is 1.59. The van der Waals surface area contributed by atoms with E-state index in [1.165, 1.54) is 0 Å². The number of aliphatic imine (C=N–C) groups is 1. The lowest BCUT2D eigenvalue weighted by atomic mass is 9.84. The smallest absolute Gasteiger partial charge is 0.410 e. The van der Waals surface area contributed by atoms with E-state index < -0.39 is 5.60 Å². The molecule has 2 aliphatic heterocycles. The molecule has 0 aromatic rings. The zero-order valence-corrected chi connectivity index (χ0v) is 17.9. The van der Waals surface area contributed by atoms with Crippen LogP contribution in [0.25, 0.3) is 0 Å². The minimum atomic E-state index is -0.470. The van der Waals surface area contributed by atoms with Gasteiger partial charge in [-0.25, -0.2) is 4.79 Å². The number of nitrogens with one attached hydrogen (secondary N) is 2.